The normalized spacial score (nSPS) is 11.7. The van der Waals surface area contributed by atoms with Gasteiger partial charge >= 0.3 is 5.97 Å². The molecule has 0 fully saturated rings. The number of hydrogen-bond donors (Lipinski definition) is 2. The molecule has 7 nitrogen and oxygen atoms in total. The predicted molar refractivity (Wildman–Crippen MR) is 136 cm³/mol. The zero-order chi connectivity index (χ0) is 24.8. The first-order valence-corrected chi connectivity index (χ1v) is 12.1. The van der Waals surface area contributed by atoms with E-state index in [1.807, 2.05) is 61.5 Å². The summed E-state index contributed by atoms with van der Waals surface area (Å²) in [5, 5.41) is 13.8. The average molecular weight is 488 g/mol. The smallest absolute Gasteiger partial charge is 0.328 e. The van der Waals surface area contributed by atoms with Gasteiger partial charge in [0.2, 0.25) is 5.82 Å². The van der Waals surface area contributed by atoms with Crippen LogP contribution in [0.25, 0.3) is 22.0 Å². The van der Waals surface area contributed by atoms with Gasteiger partial charge in [0, 0.05) is 11.8 Å². The Bertz CT molecular complexity index is 1340. The highest BCUT2D eigenvalue weighted by Gasteiger charge is 2.25. The molecule has 8 heteroatoms. The van der Waals surface area contributed by atoms with Crippen LogP contribution in [-0.4, -0.2) is 45.9 Å². The summed E-state index contributed by atoms with van der Waals surface area (Å²) in [6.45, 7) is 1.97. The summed E-state index contributed by atoms with van der Waals surface area (Å²) in [6.07, 6.45) is 0.255. The summed E-state index contributed by atoms with van der Waals surface area (Å²) in [7, 11) is 1.29. The molecule has 0 radical (unpaired) electrons. The first kappa shape index (κ1) is 24.2. The van der Waals surface area contributed by atoms with Gasteiger partial charge in [-0.2, -0.15) is 0 Å². The number of thioether (sulfide) groups is 1. The van der Waals surface area contributed by atoms with Crippen molar-refractivity contribution in [1.29, 1.82) is 0 Å². The van der Waals surface area contributed by atoms with Gasteiger partial charge in [0.25, 0.3) is 5.91 Å². The summed E-state index contributed by atoms with van der Waals surface area (Å²) in [5.74, 6) is -0.353. The topological polar surface area (TPSA) is 101 Å². The number of esters is 1. The molecule has 4 aromatic rings. The first-order chi connectivity index (χ1) is 17.0. The number of phenolic OH excluding ortho intramolecular Hbond substituents is 1. The number of aromatic nitrogens is 2. The number of hydrogen-bond acceptors (Lipinski definition) is 7. The lowest BCUT2D eigenvalue weighted by Crippen LogP contribution is -2.43. The molecule has 1 atom stereocenters. The van der Waals surface area contributed by atoms with Crippen molar-refractivity contribution in [3.05, 3.63) is 84.2 Å². The highest BCUT2D eigenvalue weighted by molar-refractivity contribution is 7.99. The van der Waals surface area contributed by atoms with E-state index in [-0.39, 0.29) is 18.0 Å². The zero-order valence-corrected chi connectivity index (χ0v) is 20.2. The van der Waals surface area contributed by atoms with Gasteiger partial charge in [0.1, 0.15) is 16.8 Å². The second kappa shape index (κ2) is 11.0. The number of methoxy groups -OCH3 is 1. The Hall–Kier alpha value is -3.91. The monoisotopic (exact) mass is 487 g/mol. The number of carbonyl (C=O) groups is 2. The first-order valence-electron chi connectivity index (χ1n) is 11.1. The molecule has 178 valence electrons. The molecule has 0 aliphatic heterocycles. The van der Waals surface area contributed by atoms with Crippen LogP contribution in [0.2, 0.25) is 0 Å². The lowest BCUT2D eigenvalue weighted by molar-refractivity contribution is -0.142. The van der Waals surface area contributed by atoms with Gasteiger partial charge in [0.15, 0.2) is 0 Å². The maximum atomic E-state index is 13.1. The van der Waals surface area contributed by atoms with Crippen LogP contribution in [0.5, 0.6) is 5.75 Å². The standard InChI is InChI=1S/C27H25N3O4S/c1-3-35-26-21-16-20(31)13-14-22(21)28-24(30-26)25(32)29-23(27(33)34-2)15-17-9-11-19(12-10-17)18-7-5-4-6-8-18/h4-14,16,23,31H,3,15H2,1-2H3,(H,29,32)/t23-/m0/s1. The Morgan fingerprint density at radius 2 is 1.71 bits per heavy atom. The SMILES string of the molecule is CCSc1nc(C(=O)N[C@@H](Cc2ccc(-c3ccccc3)cc2)C(=O)OC)nc2ccc(O)cc12. The summed E-state index contributed by atoms with van der Waals surface area (Å²) >= 11 is 1.44. The third-order valence-electron chi connectivity index (χ3n) is 5.42. The summed E-state index contributed by atoms with van der Waals surface area (Å²) in [4.78, 5) is 34.3. The molecule has 1 amide bonds. The number of amides is 1. The quantitative estimate of drug-likeness (QED) is 0.212. The van der Waals surface area contributed by atoms with Gasteiger partial charge in [-0.15, -0.1) is 11.8 Å². The van der Waals surface area contributed by atoms with Crippen molar-refractivity contribution in [3.8, 4) is 16.9 Å². The van der Waals surface area contributed by atoms with Crippen molar-refractivity contribution in [2.75, 3.05) is 12.9 Å². The van der Waals surface area contributed by atoms with Gasteiger partial charge in [-0.3, -0.25) is 4.79 Å². The Morgan fingerprint density at radius 3 is 2.40 bits per heavy atom. The van der Waals surface area contributed by atoms with Crippen LogP contribution in [0.3, 0.4) is 0 Å². The molecule has 1 heterocycles. The molecular formula is C27H25N3O4S. The lowest BCUT2D eigenvalue weighted by Gasteiger charge is -2.17. The highest BCUT2D eigenvalue weighted by atomic mass is 32.2. The minimum Gasteiger partial charge on any atom is -0.508 e. The molecule has 2 N–H and O–H groups in total. The van der Waals surface area contributed by atoms with Gasteiger partial charge in [-0.1, -0.05) is 61.5 Å². The van der Waals surface area contributed by atoms with E-state index in [0.717, 1.165) is 22.4 Å². The largest absolute Gasteiger partial charge is 0.508 e. The van der Waals surface area contributed by atoms with Gasteiger partial charge in [0.05, 0.1) is 12.6 Å². The van der Waals surface area contributed by atoms with Gasteiger partial charge in [-0.25, -0.2) is 14.8 Å². The second-order valence-corrected chi connectivity index (χ2v) is 9.06. The van der Waals surface area contributed by atoms with Crippen LogP contribution in [0.4, 0.5) is 0 Å². The third-order valence-corrected chi connectivity index (χ3v) is 6.29. The second-order valence-electron chi connectivity index (χ2n) is 7.80. The van der Waals surface area contributed by atoms with Crippen molar-refractivity contribution in [2.45, 2.75) is 24.4 Å². The van der Waals surface area contributed by atoms with E-state index in [0.29, 0.717) is 15.9 Å². The number of rotatable bonds is 8. The van der Waals surface area contributed by atoms with Crippen LogP contribution in [-0.2, 0) is 16.0 Å². The number of ether oxygens (including phenoxy) is 1. The van der Waals surface area contributed by atoms with E-state index >= 15 is 0 Å². The van der Waals surface area contributed by atoms with E-state index in [1.165, 1.54) is 24.9 Å². The molecule has 0 bridgehead atoms. The Balaban J connectivity index is 1.56. The number of nitrogens with one attached hydrogen (secondary N) is 1. The molecule has 35 heavy (non-hydrogen) atoms. The minimum atomic E-state index is -0.906. The molecule has 0 spiro atoms. The van der Waals surface area contributed by atoms with Crippen LogP contribution in [0.15, 0.2) is 77.8 Å². The number of nitrogens with zero attached hydrogens (tertiary/aromatic N) is 2. The van der Waals surface area contributed by atoms with Crippen LogP contribution >= 0.6 is 11.8 Å². The molecule has 0 unspecified atom stereocenters. The Labute approximate surface area is 207 Å². The van der Waals surface area contributed by atoms with E-state index < -0.39 is 17.9 Å². The van der Waals surface area contributed by atoms with Crippen molar-refractivity contribution in [1.82, 2.24) is 15.3 Å². The van der Waals surface area contributed by atoms with E-state index in [4.69, 9.17) is 4.74 Å². The fourth-order valence-electron chi connectivity index (χ4n) is 3.69. The van der Waals surface area contributed by atoms with Gasteiger partial charge < -0.3 is 15.2 Å². The molecule has 3 aromatic carbocycles. The lowest BCUT2D eigenvalue weighted by atomic mass is 10.0. The number of aromatic hydroxyl groups is 1. The number of fused-ring (bicyclic) bond motifs is 1. The molecule has 4 rings (SSSR count). The Kier molecular flexibility index (Phi) is 7.62. The zero-order valence-electron chi connectivity index (χ0n) is 19.4. The summed E-state index contributed by atoms with van der Waals surface area (Å²) < 4.78 is 4.93. The maximum Gasteiger partial charge on any atom is 0.328 e. The van der Waals surface area contributed by atoms with Crippen LogP contribution < -0.4 is 5.32 Å². The van der Waals surface area contributed by atoms with E-state index in [9.17, 15) is 14.7 Å². The molecule has 0 saturated heterocycles. The van der Waals surface area contributed by atoms with Gasteiger partial charge in [-0.05, 0) is 40.6 Å². The Morgan fingerprint density at radius 1 is 1.00 bits per heavy atom. The van der Waals surface area contributed by atoms with E-state index in [2.05, 4.69) is 15.3 Å². The van der Waals surface area contributed by atoms with Crippen molar-refractivity contribution >= 4 is 34.5 Å². The number of phenols is 1. The van der Waals surface area contributed by atoms with E-state index in [1.54, 1.807) is 12.1 Å². The average Bonchev–Trinajstić information content (AvgIpc) is 2.89. The highest BCUT2D eigenvalue weighted by Crippen LogP contribution is 2.28. The predicted octanol–water partition coefficient (Wildman–Crippen LogP) is 4.63. The molecule has 1 aromatic heterocycles. The van der Waals surface area contributed by atoms with Crippen LogP contribution in [0.1, 0.15) is 23.1 Å². The number of benzene rings is 3. The summed E-state index contributed by atoms with van der Waals surface area (Å²) in [5.41, 5.74) is 3.56. The maximum absolute atomic E-state index is 13.1. The minimum absolute atomic E-state index is 0.0486. The molecule has 0 aliphatic carbocycles. The third kappa shape index (κ3) is 5.78. The van der Waals surface area contributed by atoms with Crippen molar-refractivity contribution in [2.24, 2.45) is 0 Å². The number of carbonyl (C=O) groups excluding carboxylic acids is 2. The molecule has 0 aliphatic rings. The van der Waals surface area contributed by atoms with Crippen LogP contribution in [0, 0.1) is 0 Å². The molecular weight excluding hydrogens is 462 g/mol. The fraction of sp³-hybridized carbons (Fsp3) is 0.185. The van der Waals surface area contributed by atoms with Crippen molar-refractivity contribution in [3.63, 3.8) is 0 Å². The van der Waals surface area contributed by atoms with Crippen molar-refractivity contribution < 1.29 is 19.4 Å². The fourth-order valence-corrected chi connectivity index (χ4v) is 4.44. The summed E-state index contributed by atoms with van der Waals surface area (Å²) in [6, 6.07) is 21.6. The molecule has 0 saturated carbocycles.